The maximum atomic E-state index is 12.1. The lowest BCUT2D eigenvalue weighted by Gasteiger charge is -2.18. The molecule has 16 heavy (non-hydrogen) atoms. The highest BCUT2D eigenvalue weighted by Gasteiger charge is 2.32. The Bertz CT molecular complexity index is 395. The van der Waals surface area contributed by atoms with Gasteiger partial charge in [-0.2, -0.15) is 13.2 Å². The average Bonchev–Trinajstić information content (AvgIpc) is 2.15. The van der Waals surface area contributed by atoms with Gasteiger partial charge in [-0.15, -0.1) is 0 Å². The summed E-state index contributed by atoms with van der Waals surface area (Å²) in [5.41, 5.74) is -0.0331. The minimum atomic E-state index is -4.41. The summed E-state index contributed by atoms with van der Waals surface area (Å²) in [4.78, 5) is 15.9. The molecule has 7 heteroatoms. The first kappa shape index (κ1) is 13.0. The minimum absolute atomic E-state index is 0.0331. The molecule has 1 amide bonds. The van der Waals surface area contributed by atoms with Crippen LogP contribution in [0.5, 0.6) is 0 Å². The van der Waals surface area contributed by atoms with Gasteiger partial charge in [-0.25, -0.2) is 4.98 Å². The van der Waals surface area contributed by atoms with Crippen molar-refractivity contribution in [3.63, 3.8) is 0 Å². The molecule has 0 bridgehead atoms. The minimum Gasteiger partial charge on any atom is -0.331 e. The third-order valence-corrected chi connectivity index (χ3v) is 2.36. The Kier molecular flexibility index (Phi) is 3.90. The van der Waals surface area contributed by atoms with Crippen molar-refractivity contribution in [3.05, 3.63) is 28.5 Å². The Balaban J connectivity index is 2.83. The zero-order valence-corrected chi connectivity index (χ0v) is 9.84. The van der Waals surface area contributed by atoms with Gasteiger partial charge in [0.05, 0.1) is 0 Å². The predicted octanol–water partition coefficient (Wildman–Crippen LogP) is 2.48. The van der Waals surface area contributed by atoms with Gasteiger partial charge in [-0.05, 0) is 28.1 Å². The standard InChI is InChI=1S/C9H8BrF3N2O/c1-15(5-9(11,12)13)8(16)7-6(10)3-2-4-14-7/h2-4H,5H2,1H3. The number of carbonyl (C=O) groups is 1. The smallest absolute Gasteiger partial charge is 0.331 e. The predicted molar refractivity (Wildman–Crippen MR) is 55.0 cm³/mol. The van der Waals surface area contributed by atoms with Crippen LogP contribution >= 0.6 is 15.9 Å². The van der Waals surface area contributed by atoms with Crippen molar-refractivity contribution >= 4 is 21.8 Å². The van der Waals surface area contributed by atoms with Crippen LogP contribution in [-0.2, 0) is 0 Å². The number of pyridine rings is 1. The number of hydrogen-bond acceptors (Lipinski definition) is 2. The number of aromatic nitrogens is 1. The zero-order valence-electron chi connectivity index (χ0n) is 8.25. The van der Waals surface area contributed by atoms with Crippen molar-refractivity contribution in [1.82, 2.24) is 9.88 Å². The number of carbonyl (C=O) groups excluding carboxylic acids is 1. The molecule has 0 unspecified atom stereocenters. The summed E-state index contributed by atoms with van der Waals surface area (Å²) in [6, 6.07) is 3.12. The van der Waals surface area contributed by atoms with Gasteiger partial charge >= 0.3 is 6.18 Å². The second-order valence-electron chi connectivity index (χ2n) is 3.11. The van der Waals surface area contributed by atoms with Gasteiger partial charge in [0.25, 0.3) is 5.91 Å². The van der Waals surface area contributed by atoms with Gasteiger partial charge in [-0.3, -0.25) is 4.79 Å². The topological polar surface area (TPSA) is 33.2 Å². The third-order valence-electron chi connectivity index (χ3n) is 1.72. The van der Waals surface area contributed by atoms with Crippen LogP contribution in [0.2, 0.25) is 0 Å². The van der Waals surface area contributed by atoms with Crippen LogP contribution in [0.3, 0.4) is 0 Å². The van der Waals surface area contributed by atoms with E-state index in [2.05, 4.69) is 20.9 Å². The van der Waals surface area contributed by atoms with E-state index in [1.165, 1.54) is 6.20 Å². The molecule has 0 N–H and O–H groups in total. The largest absolute Gasteiger partial charge is 0.406 e. The van der Waals surface area contributed by atoms with Crippen molar-refractivity contribution in [2.45, 2.75) is 6.18 Å². The molecule has 0 radical (unpaired) electrons. The van der Waals surface area contributed by atoms with E-state index in [0.29, 0.717) is 9.37 Å². The second kappa shape index (κ2) is 4.82. The summed E-state index contributed by atoms with van der Waals surface area (Å²) in [7, 11) is 1.08. The molecule has 0 fully saturated rings. The van der Waals surface area contributed by atoms with Crippen molar-refractivity contribution in [2.24, 2.45) is 0 Å². The number of hydrogen-bond donors (Lipinski definition) is 0. The fraction of sp³-hybridized carbons (Fsp3) is 0.333. The number of halogens is 4. The average molecular weight is 297 g/mol. The molecule has 0 spiro atoms. The SMILES string of the molecule is CN(CC(F)(F)F)C(=O)c1ncccc1Br. The maximum absolute atomic E-state index is 12.1. The van der Waals surface area contributed by atoms with Gasteiger partial charge in [0, 0.05) is 17.7 Å². The number of amides is 1. The molecule has 3 nitrogen and oxygen atoms in total. The van der Waals surface area contributed by atoms with E-state index in [1.807, 2.05) is 0 Å². The van der Waals surface area contributed by atoms with Gasteiger partial charge < -0.3 is 4.90 Å². The molecule has 1 heterocycles. The van der Waals surface area contributed by atoms with Crippen LogP contribution in [-0.4, -0.2) is 35.6 Å². The lowest BCUT2D eigenvalue weighted by Crippen LogP contribution is -2.36. The summed E-state index contributed by atoms with van der Waals surface area (Å²) in [5.74, 6) is -0.773. The lowest BCUT2D eigenvalue weighted by molar-refractivity contribution is -0.138. The van der Waals surface area contributed by atoms with Crippen molar-refractivity contribution in [1.29, 1.82) is 0 Å². The quantitative estimate of drug-likeness (QED) is 0.840. The highest BCUT2D eigenvalue weighted by atomic mass is 79.9. The molecule has 0 saturated carbocycles. The number of alkyl halides is 3. The Hall–Kier alpha value is -1.11. The molecule has 1 aromatic rings. The second-order valence-corrected chi connectivity index (χ2v) is 3.96. The first-order valence-corrected chi connectivity index (χ1v) is 5.03. The molecule has 0 aliphatic rings. The van der Waals surface area contributed by atoms with Gasteiger partial charge in [0.15, 0.2) is 0 Å². The first-order valence-electron chi connectivity index (χ1n) is 4.24. The molecule has 0 aromatic carbocycles. The van der Waals surface area contributed by atoms with Gasteiger partial charge in [0.1, 0.15) is 12.2 Å². The zero-order chi connectivity index (χ0) is 12.3. The van der Waals surface area contributed by atoms with E-state index in [1.54, 1.807) is 12.1 Å². The van der Waals surface area contributed by atoms with Crippen LogP contribution in [0.1, 0.15) is 10.5 Å². The van der Waals surface area contributed by atoms with Crippen molar-refractivity contribution < 1.29 is 18.0 Å². The summed E-state index contributed by atoms with van der Waals surface area (Å²) < 4.78 is 36.5. The van der Waals surface area contributed by atoms with Crippen LogP contribution in [0, 0.1) is 0 Å². The Morgan fingerprint density at radius 2 is 2.19 bits per heavy atom. The number of rotatable bonds is 2. The Labute approximate surface area is 98.4 Å². The molecule has 0 aliphatic carbocycles. The Morgan fingerprint density at radius 1 is 1.56 bits per heavy atom. The van der Waals surface area contributed by atoms with Gasteiger partial charge in [-0.1, -0.05) is 0 Å². The van der Waals surface area contributed by atoms with E-state index in [9.17, 15) is 18.0 Å². The molecule has 88 valence electrons. The first-order chi connectivity index (χ1) is 7.31. The highest BCUT2D eigenvalue weighted by Crippen LogP contribution is 2.19. The normalized spacial score (nSPS) is 11.3. The molecule has 1 rings (SSSR count). The molecule has 1 aromatic heterocycles. The number of nitrogens with zero attached hydrogens (tertiary/aromatic N) is 2. The summed E-state index contributed by atoms with van der Waals surface area (Å²) in [5, 5.41) is 0. The summed E-state index contributed by atoms with van der Waals surface area (Å²) in [6.07, 6.45) is -3.06. The molecule has 0 aliphatic heterocycles. The fourth-order valence-corrected chi connectivity index (χ4v) is 1.49. The van der Waals surface area contributed by atoms with E-state index in [-0.39, 0.29) is 5.69 Å². The van der Waals surface area contributed by atoms with Crippen LogP contribution in [0.15, 0.2) is 22.8 Å². The Morgan fingerprint density at radius 3 is 2.69 bits per heavy atom. The van der Waals surface area contributed by atoms with Crippen molar-refractivity contribution in [2.75, 3.05) is 13.6 Å². The van der Waals surface area contributed by atoms with E-state index < -0.39 is 18.6 Å². The molecular weight excluding hydrogens is 289 g/mol. The molecule has 0 atom stereocenters. The lowest BCUT2D eigenvalue weighted by atomic mass is 10.3. The fourth-order valence-electron chi connectivity index (χ4n) is 1.06. The molecule has 0 saturated heterocycles. The van der Waals surface area contributed by atoms with Crippen LogP contribution < -0.4 is 0 Å². The monoisotopic (exact) mass is 296 g/mol. The van der Waals surface area contributed by atoms with Crippen LogP contribution in [0.25, 0.3) is 0 Å². The van der Waals surface area contributed by atoms with E-state index in [0.717, 1.165) is 7.05 Å². The maximum Gasteiger partial charge on any atom is 0.406 e. The third kappa shape index (κ3) is 3.48. The highest BCUT2D eigenvalue weighted by molar-refractivity contribution is 9.10. The van der Waals surface area contributed by atoms with E-state index in [4.69, 9.17) is 0 Å². The van der Waals surface area contributed by atoms with Crippen molar-refractivity contribution in [3.8, 4) is 0 Å². The van der Waals surface area contributed by atoms with Crippen LogP contribution in [0.4, 0.5) is 13.2 Å². The molecular formula is C9H8BrF3N2O. The van der Waals surface area contributed by atoms with E-state index >= 15 is 0 Å². The van der Waals surface area contributed by atoms with Gasteiger partial charge in [0.2, 0.25) is 0 Å². The summed E-state index contributed by atoms with van der Waals surface area (Å²) in [6.45, 7) is -1.30. The summed E-state index contributed by atoms with van der Waals surface area (Å²) >= 11 is 3.05.